The minimum Gasteiger partial charge on any atom is -0.495 e. The molecule has 0 fully saturated rings. The maximum Gasteiger partial charge on any atom is 0.245 e. The molecule has 2 aromatic rings. The second-order valence-corrected chi connectivity index (χ2v) is 8.21. The van der Waals surface area contributed by atoms with E-state index in [2.05, 4.69) is 10.0 Å². The molecule has 0 radical (unpaired) electrons. The van der Waals surface area contributed by atoms with Crippen molar-refractivity contribution in [2.75, 3.05) is 12.4 Å². The topological polar surface area (TPSA) is 84.5 Å². The van der Waals surface area contributed by atoms with E-state index < -0.39 is 22.0 Å². The average Bonchev–Trinajstić information content (AvgIpc) is 2.57. The molecule has 140 valence electrons. The lowest BCUT2D eigenvalue weighted by molar-refractivity contribution is -0.117. The zero-order chi connectivity index (χ0) is 19.5. The van der Waals surface area contributed by atoms with Crippen LogP contribution in [0.15, 0.2) is 41.3 Å². The molecule has 26 heavy (non-hydrogen) atoms. The van der Waals surface area contributed by atoms with E-state index in [1.165, 1.54) is 44.4 Å². The van der Waals surface area contributed by atoms with Crippen LogP contribution in [-0.4, -0.2) is 27.5 Å². The Morgan fingerprint density at radius 3 is 2.35 bits per heavy atom. The van der Waals surface area contributed by atoms with Gasteiger partial charge in [0, 0.05) is 10.0 Å². The number of hydrogen-bond donors (Lipinski definition) is 2. The number of sulfonamides is 1. The van der Waals surface area contributed by atoms with Crippen molar-refractivity contribution < 1.29 is 17.9 Å². The van der Waals surface area contributed by atoms with Crippen LogP contribution in [0.1, 0.15) is 6.92 Å². The van der Waals surface area contributed by atoms with E-state index in [1.807, 2.05) is 0 Å². The van der Waals surface area contributed by atoms with Crippen LogP contribution in [0.4, 0.5) is 5.69 Å². The standard InChI is InChI=1S/C16H15Cl3N2O4S/c1-9(16(22)20-13-7-10(17)3-5-12(13)19)21-26(23,24)15-8-11(18)4-6-14(15)25-2/h3-9,21H,1-2H3,(H,20,22)/t9-/m1/s1. The molecule has 0 aromatic heterocycles. The van der Waals surface area contributed by atoms with Gasteiger partial charge >= 0.3 is 0 Å². The summed E-state index contributed by atoms with van der Waals surface area (Å²) < 4.78 is 32.5. The molecule has 0 spiro atoms. The molecule has 2 rings (SSSR count). The molecule has 0 saturated heterocycles. The van der Waals surface area contributed by atoms with Crippen molar-refractivity contribution in [1.29, 1.82) is 0 Å². The third kappa shape index (κ3) is 5.02. The van der Waals surface area contributed by atoms with Crippen molar-refractivity contribution in [2.24, 2.45) is 0 Å². The highest BCUT2D eigenvalue weighted by Crippen LogP contribution is 2.28. The first-order chi connectivity index (χ1) is 12.1. The van der Waals surface area contributed by atoms with Gasteiger partial charge in [-0.15, -0.1) is 0 Å². The van der Waals surface area contributed by atoms with E-state index in [1.54, 1.807) is 6.07 Å². The van der Waals surface area contributed by atoms with Crippen LogP contribution in [0.5, 0.6) is 5.75 Å². The van der Waals surface area contributed by atoms with Crippen molar-refractivity contribution >= 4 is 56.4 Å². The largest absolute Gasteiger partial charge is 0.495 e. The van der Waals surface area contributed by atoms with Crippen LogP contribution in [0.25, 0.3) is 0 Å². The minimum atomic E-state index is -4.06. The number of amides is 1. The number of ether oxygens (including phenoxy) is 1. The molecule has 10 heteroatoms. The summed E-state index contributed by atoms with van der Waals surface area (Å²) in [7, 11) is -2.73. The Labute approximate surface area is 166 Å². The second-order valence-electron chi connectivity index (χ2n) is 5.25. The number of benzene rings is 2. The van der Waals surface area contributed by atoms with Crippen molar-refractivity contribution in [1.82, 2.24) is 4.72 Å². The number of anilines is 1. The lowest BCUT2D eigenvalue weighted by atomic mass is 10.3. The Hall–Kier alpha value is -1.51. The van der Waals surface area contributed by atoms with Gasteiger partial charge in [-0.2, -0.15) is 4.72 Å². The predicted octanol–water partition coefficient (Wildman–Crippen LogP) is 3.96. The van der Waals surface area contributed by atoms with Crippen molar-refractivity contribution in [3.05, 3.63) is 51.5 Å². The summed E-state index contributed by atoms with van der Waals surface area (Å²) in [6, 6.07) is 7.61. The van der Waals surface area contributed by atoms with Gasteiger partial charge in [0.25, 0.3) is 0 Å². The monoisotopic (exact) mass is 436 g/mol. The molecule has 1 atom stereocenters. The van der Waals surface area contributed by atoms with E-state index in [9.17, 15) is 13.2 Å². The summed E-state index contributed by atoms with van der Waals surface area (Å²) >= 11 is 17.7. The van der Waals surface area contributed by atoms with Gasteiger partial charge in [-0.05, 0) is 43.3 Å². The van der Waals surface area contributed by atoms with E-state index >= 15 is 0 Å². The number of carbonyl (C=O) groups excluding carboxylic acids is 1. The fourth-order valence-corrected chi connectivity index (χ4v) is 4.02. The van der Waals surface area contributed by atoms with Gasteiger partial charge in [0.2, 0.25) is 15.9 Å². The highest BCUT2D eigenvalue weighted by atomic mass is 35.5. The quantitative estimate of drug-likeness (QED) is 0.716. The second kappa shape index (κ2) is 8.45. The maximum atomic E-state index is 12.6. The Kier molecular flexibility index (Phi) is 6.76. The van der Waals surface area contributed by atoms with Crippen LogP contribution in [-0.2, 0) is 14.8 Å². The summed E-state index contributed by atoms with van der Waals surface area (Å²) in [5.41, 5.74) is 0.274. The molecule has 0 aliphatic carbocycles. The SMILES string of the molecule is COc1ccc(Cl)cc1S(=O)(=O)N[C@H](C)C(=O)Nc1cc(Cl)ccc1Cl. The van der Waals surface area contributed by atoms with Crippen molar-refractivity contribution in [3.63, 3.8) is 0 Å². The number of hydrogen-bond acceptors (Lipinski definition) is 4. The van der Waals surface area contributed by atoms with E-state index in [0.717, 1.165) is 0 Å². The molecule has 0 bridgehead atoms. The van der Waals surface area contributed by atoms with Gasteiger partial charge in [0.1, 0.15) is 10.6 Å². The number of halogens is 3. The number of nitrogens with one attached hydrogen (secondary N) is 2. The highest BCUT2D eigenvalue weighted by molar-refractivity contribution is 7.89. The first-order valence-electron chi connectivity index (χ1n) is 7.26. The van der Waals surface area contributed by atoms with E-state index in [4.69, 9.17) is 39.5 Å². The Morgan fingerprint density at radius 1 is 1.08 bits per heavy atom. The van der Waals surface area contributed by atoms with Crippen LogP contribution in [0.2, 0.25) is 15.1 Å². The summed E-state index contributed by atoms with van der Waals surface area (Å²) in [6.07, 6.45) is 0. The highest BCUT2D eigenvalue weighted by Gasteiger charge is 2.25. The van der Waals surface area contributed by atoms with Gasteiger partial charge in [-0.3, -0.25) is 4.79 Å². The van der Waals surface area contributed by atoms with Crippen LogP contribution < -0.4 is 14.8 Å². The number of rotatable bonds is 6. The summed E-state index contributed by atoms with van der Waals surface area (Å²) in [6.45, 7) is 1.39. The lowest BCUT2D eigenvalue weighted by Gasteiger charge is -2.16. The Morgan fingerprint density at radius 2 is 1.69 bits per heavy atom. The van der Waals surface area contributed by atoms with E-state index in [0.29, 0.717) is 5.02 Å². The van der Waals surface area contributed by atoms with Crippen molar-refractivity contribution in [3.8, 4) is 5.75 Å². The number of methoxy groups -OCH3 is 1. The smallest absolute Gasteiger partial charge is 0.245 e. The predicted molar refractivity (Wildman–Crippen MR) is 103 cm³/mol. The third-order valence-corrected chi connectivity index (χ3v) is 5.69. The minimum absolute atomic E-state index is 0.104. The first kappa shape index (κ1) is 20.8. The normalized spacial score (nSPS) is 12.5. The molecule has 0 saturated carbocycles. The van der Waals surface area contributed by atoms with Crippen molar-refractivity contribution in [2.45, 2.75) is 17.9 Å². The summed E-state index contributed by atoms with van der Waals surface area (Å²) in [5, 5.41) is 3.39. The molecular formula is C16H15Cl3N2O4S. The molecule has 2 aromatic carbocycles. The van der Waals surface area contributed by atoms with Gasteiger partial charge < -0.3 is 10.1 Å². The fourth-order valence-electron chi connectivity index (χ4n) is 2.04. The Balaban J connectivity index is 2.20. The lowest BCUT2D eigenvalue weighted by Crippen LogP contribution is -2.41. The average molecular weight is 438 g/mol. The van der Waals surface area contributed by atoms with E-state index in [-0.39, 0.29) is 26.4 Å². The molecule has 1 amide bonds. The summed E-state index contributed by atoms with van der Waals surface area (Å²) in [5.74, 6) is -0.508. The molecule has 0 aliphatic heterocycles. The van der Waals surface area contributed by atoms with Gasteiger partial charge in [-0.1, -0.05) is 34.8 Å². The molecule has 2 N–H and O–H groups in total. The zero-order valence-electron chi connectivity index (χ0n) is 13.7. The molecular weight excluding hydrogens is 423 g/mol. The van der Waals surface area contributed by atoms with Gasteiger partial charge in [-0.25, -0.2) is 8.42 Å². The Bertz CT molecular complexity index is 935. The maximum absolute atomic E-state index is 12.6. The van der Waals surface area contributed by atoms with Crippen LogP contribution >= 0.6 is 34.8 Å². The number of carbonyl (C=O) groups is 1. The molecule has 6 nitrogen and oxygen atoms in total. The summed E-state index contributed by atoms with van der Waals surface area (Å²) in [4.78, 5) is 12.1. The molecule has 0 heterocycles. The zero-order valence-corrected chi connectivity index (χ0v) is 16.8. The third-order valence-electron chi connectivity index (χ3n) is 3.33. The first-order valence-corrected chi connectivity index (χ1v) is 9.87. The molecule has 0 unspecified atom stereocenters. The fraction of sp³-hybridized carbons (Fsp3) is 0.188. The van der Waals surface area contributed by atoms with Crippen LogP contribution in [0.3, 0.4) is 0 Å². The van der Waals surface area contributed by atoms with Crippen LogP contribution in [0, 0.1) is 0 Å². The van der Waals surface area contributed by atoms with Gasteiger partial charge in [0.05, 0.1) is 23.9 Å². The molecule has 0 aliphatic rings. The van der Waals surface area contributed by atoms with Gasteiger partial charge in [0.15, 0.2) is 0 Å².